The number of aliphatic imine (C=N–C) groups is 1. The minimum absolute atomic E-state index is 0.219. The fourth-order valence-corrected chi connectivity index (χ4v) is 3.88. The first-order valence-electron chi connectivity index (χ1n) is 7.15. The molecule has 1 aliphatic heterocycles. The van der Waals surface area contributed by atoms with Crippen molar-refractivity contribution in [1.82, 2.24) is 9.80 Å². The van der Waals surface area contributed by atoms with Gasteiger partial charge in [0, 0.05) is 13.1 Å². The summed E-state index contributed by atoms with van der Waals surface area (Å²) in [6.07, 6.45) is 3.84. The van der Waals surface area contributed by atoms with Crippen LogP contribution in [-0.2, 0) is 0 Å². The predicted octanol–water partition coefficient (Wildman–Crippen LogP) is 1.37. The molecule has 0 aromatic heterocycles. The lowest BCUT2D eigenvalue weighted by Gasteiger charge is -2.46. The van der Waals surface area contributed by atoms with Crippen molar-refractivity contribution in [1.29, 1.82) is 0 Å². The molecule has 1 saturated carbocycles. The quantitative estimate of drug-likeness (QED) is 0.825. The molecular formula is C14H28N4. The molecule has 2 unspecified atom stereocenters. The van der Waals surface area contributed by atoms with E-state index in [0.717, 1.165) is 37.4 Å². The van der Waals surface area contributed by atoms with Crippen LogP contribution in [0.2, 0.25) is 0 Å². The molecule has 1 aliphatic carbocycles. The zero-order valence-corrected chi connectivity index (χ0v) is 12.3. The first kappa shape index (κ1) is 13.7. The van der Waals surface area contributed by atoms with Crippen molar-refractivity contribution in [2.24, 2.45) is 22.6 Å². The van der Waals surface area contributed by atoms with E-state index >= 15 is 0 Å². The maximum atomic E-state index is 6.12. The van der Waals surface area contributed by atoms with Gasteiger partial charge in [0.15, 0.2) is 5.96 Å². The van der Waals surface area contributed by atoms with Crippen LogP contribution in [0.1, 0.15) is 33.1 Å². The summed E-state index contributed by atoms with van der Waals surface area (Å²) in [5, 5.41) is 0. The van der Waals surface area contributed by atoms with Crippen molar-refractivity contribution in [3.8, 4) is 0 Å². The fourth-order valence-electron chi connectivity index (χ4n) is 3.88. The average Bonchev–Trinajstić information content (AvgIpc) is 2.51. The summed E-state index contributed by atoms with van der Waals surface area (Å²) in [5.74, 6) is 2.34. The maximum absolute atomic E-state index is 6.12. The van der Waals surface area contributed by atoms with Crippen molar-refractivity contribution in [3.05, 3.63) is 0 Å². The Balaban J connectivity index is 2.10. The van der Waals surface area contributed by atoms with E-state index in [4.69, 9.17) is 5.73 Å². The molecule has 0 bridgehead atoms. The summed E-state index contributed by atoms with van der Waals surface area (Å²) < 4.78 is 0. The normalized spacial score (nSPS) is 36.5. The van der Waals surface area contributed by atoms with Crippen LogP contribution in [0.3, 0.4) is 0 Å². The minimum atomic E-state index is 0.219. The average molecular weight is 252 g/mol. The number of hydrogen-bond donors (Lipinski definition) is 1. The van der Waals surface area contributed by atoms with Gasteiger partial charge in [0.05, 0.1) is 12.1 Å². The molecule has 4 heteroatoms. The highest BCUT2D eigenvalue weighted by atomic mass is 15.4. The molecule has 2 rings (SSSR count). The Kier molecular flexibility index (Phi) is 3.85. The van der Waals surface area contributed by atoms with Gasteiger partial charge in [-0.2, -0.15) is 0 Å². The largest absolute Gasteiger partial charge is 0.370 e. The summed E-state index contributed by atoms with van der Waals surface area (Å²) in [5.41, 5.74) is 6.34. The van der Waals surface area contributed by atoms with Crippen LogP contribution in [0, 0.1) is 11.8 Å². The second-order valence-corrected chi connectivity index (χ2v) is 6.71. The van der Waals surface area contributed by atoms with E-state index in [2.05, 4.69) is 42.7 Å². The SMILES string of the molecule is CC1CC(C)CC2(CN=C(N)N2CCN(C)C)C1. The second-order valence-electron chi connectivity index (χ2n) is 6.71. The lowest BCUT2D eigenvalue weighted by atomic mass is 9.71. The molecule has 0 aromatic rings. The summed E-state index contributed by atoms with van der Waals surface area (Å²) in [6.45, 7) is 7.69. The highest BCUT2D eigenvalue weighted by Gasteiger charge is 2.46. The van der Waals surface area contributed by atoms with Crippen LogP contribution >= 0.6 is 0 Å². The molecule has 104 valence electrons. The Morgan fingerprint density at radius 1 is 1.33 bits per heavy atom. The molecule has 1 fully saturated rings. The van der Waals surface area contributed by atoms with E-state index in [1.807, 2.05) is 0 Å². The van der Waals surface area contributed by atoms with Crippen LogP contribution in [0.5, 0.6) is 0 Å². The van der Waals surface area contributed by atoms with Crippen molar-refractivity contribution in [3.63, 3.8) is 0 Å². The van der Waals surface area contributed by atoms with Gasteiger partial charge in [-0.15, -0.1) is 0 Å². The molecular weight excluding hydrogens is 224 g/mol. The van der Waals surface area contributed by atoms with Crippen molar-refractivity contribution >= 4 is 5.96 Å². The number of likely N-dealkylation sites (N-methyl/N-ethyl adjacent to an activating group) is 1. The third-order valence-electron chi connectivity index (χ3n) is 4.42. The molecule has 0 amide bonds. The zero-order chi connectivity index (χ0) is 13.3. The molecule has 18 heavy (non-hydrogen) atoms. The number of hydrogen-bond acceptors (Lipinski definition) is 4. The highest BCUT2D eigenvalue weighted by Crippen LogP contribution is 2.42. The van der Waals surface area contributed by atoms with Gasteiger partial charge < -0.3 is 15.5 Å². The Labute approximate surface area is 111 Å². The topological polar surface area (TPSA) is 44.9 Å². The molecule has 0 radical (unpaired) electrons. The molecule has 0 saturated heterocycles. The van der Waals surface area contributed by atoms with Crippen LogP contribution in [0.25, 0.3) is 0 Å². The first-order valence-corrected chi connectivity index (χ1v) is 7.15. The van der Waals surface area contributed by atoms with Crippen LogP contribution in [0.4, 0.5) is 0 Å². The van der Waals surface area contributed by atoms with E-state index in [1.54, 1.807) is 0 Å². The minimum Gasteiger partial charge on any atom is -0.370 e. The van der Waals surface area contributed by atoms with Crippen LogP contribution in [-0.4, -0.2) is 55.0 Å². The number of nitrogens with two attached hydrogens (primary N) is 1. The van der Waals surface area contributed by atoms with Crippen LogP contribution < -0.4 is 5.73 Å². The molecule has 2 atom stereocenters. The molecule has 2 N–H and O–H groups in total. The molecule has 0 aromatic carbocycles. The molecule has 4 nitrogen and oxygen atoms in total. The third-order valence-corrected chi connectivity index (χ3v) is 4.42. The Morgan fingerprint density at radius 2 is 1.94 bits per heavy atom. The van der Waals surface area contributed by atoms with Crippen molar-refractivity contribution in [2.75, 3.05) is 33.7 Å². The van der Waals surface area contributed by atoms with E-state index in [1.165, 1.54) is 19.3 Å². The van der Waals surface area contributed by atoms with Gasteiger partial charge in [0.1, 0.15) is 0 Å². The van der Waals surface area contributed by atoms with Gasteiger partial charge in [-0.25, -0.2) is 0 Å². The van der Waals surface area contributed by atoms with Gasteiger partial charge in [-0.3, -0.25) is 4.99 Å². The van der Waals surface area contributed by atoms with Crippen molar-refractivity contribution in [2.45, 2.75) is 38.6 Å². The first-order chi connectivity index (χ1) is 8.43. The number of rotatable bonds is 3. The second kappa shape index (κ2) is 5.08. The third kappa shape index (κ3) is 2.63. The Hall–Kier alpha value is -0.770. The van der Waals surface area contributed by atoms with Gasteiger partial charge in [-0.05, 0) is 45.2 Å². The summed E-state index contributed by atoms with van der Waals surface area (Å²) in [6, 6.07) is 0. The van der Waals surface area contributed by atoms with Crippen LogP contribution in [0.15, 0.2) is 4.99 Å². The van der Waals surface area contributed by atoms with E-state index in [-0.39, 0.29) is 5.54 Å². The lowest BCUT2D eigenvalue weighted by molar-refractivity contribution is 0.0794. The maximum Gasteiger partial charge on any atom is 0.191 e. The van der Waals surface area contributed by atoms with Gasteiger partial charge in [0.25, 0.3) is 0 Å². The molecule has 1 spiro atoms. The summed E-state index contributed by atoms with van der Waals surface area (Å²) in [7, 11) is 4.23. The number of guanidine groups is 1. The summed E-state index contributed by atoms with van der Waals surface area (Å²) in [4.78, 5) is 9.15. The standard InChI is InChI=1S/C14H28N4/c1-11-7-12(2)9-14(8-11)10-16-13(15)18(14)6-5-17(3)4/h11-12H,5-10H2,1-4H3,(H2,15,16). The smallest absolute Gasteiger partial charge is 0.191 e. The zero-order valence-electron chi connectivity index (χ0n) is 12.3. The van der Waals surface area contributed by atoms with Gasteiger partial charge in [-0.1, -0.05) is 13.8 Å². The van der Waals surface area contributed by atoms with Gasteiger partial charge >= 0.3 is 0 Å². The Morgan fingerprint density at radius 3 is 2.50 bits per heavy atom. The van der Waals surface area contributed by atoms with E-state index in [9.17, 15) is 0 Å². The van der Waals surface area contributed by atoms with Crippen molar-refractivity contribution < 1.29 is 0 Å². The number of nitrogens with zero attached hydrogens (tertiary/aromatic N) is 3. The monoisotopic (exact) mass is 252 g/mol. The van der Waals surface area contributed by atoms with E-state index in [0.29, 0.717) is 0 Å². The van der Waals surface area contributed by atoms with Gasteiger partial charge in [0.2, 0.25) is 0 Å². The Bertz CT molecular complexity index is 314. The fraction of sp³-hybridized carbons (Fsp3) is 0.929. The predicted molar refractivity (Wildman–Crippen MR) is 76.7 cm³/mol. The molecule has 2 aliphatic rings. The van der Waals surface area contributed by atoms with E-state index < -0.39 is 0 Å². The summed E-state index contributed by atoms with van der Waals surface area (Å²) >= 11 is 0. The molecule has 1 heterocycles. The highest BCUT2D eigenvalue weighted by molar-refractivity contribution is 5.81. The lowest BCUT2D eigenvalue weighted by Crippen LogP contribution is -2.56.